The Morgan fingerprint density at radius 1 is 1.20 bits per heavy atom. The van der Waals surface area contributed by atoms with Gasteiger partial charge in [0, 0.05) is 68.9 Å². The topological polar surface area (TPSA) is 107 Å². The molecule has 1 saturated heterocycles. The van der Waals surface area contributed by atoms with Crippen molar-refractivity contribution in [2.24, 2.45) is 0 Å². The predicted octanol–water partition coefficient (Wildman–Crippen LogP) is 3.37. The fourth-order valence-electron chi connectivity index (χ4n) is 4.33. The molecular formula is C25H28Cl2N4O4. The largest absolute Gasteiger partial charge is 0.507 e. The Labute approximate surface area is 215 Å². The second-order valence-corrected chi connectivity index (χ2v) is 8.44. The minimum Gasteiger partial charge on any atom is -0.507 e. The number of hydrogen-bond donors (Lipinski definition) is 4. The van der Waals surface area contributed by atoms with Gasteiger partial charge < -0.3 is 25.5 Å². The van der Waals surface area contributed by atoms with E-state index in [1.807, 2.05) is 24.4 Å². The zero-order chi connectivity index (χ0) is 22.9. The number of rotatable bonds is 5. The van der Waals surface area contributed by atoms with Gasteiger partial charge in [0.25, 0.3) is 0 Å². The Kier molecular flexibility index (Phi) is 8.45. The van der Waals surface area contributed by atoms with Gasteiger partial charge in [0.1, 0.15) is 11.5 Å². The summed E-state index contributed by atoms with van der Waals surface area (Å²) in [5.74, 6) is 0.516. The van der Waals surface area contributed by atoms with E-state index in [1.165, 1.54) is 6.92 Å². The molecule has 0 atom stereocenters. The number of hydrogen-bond acceptors (Lipinski definition) is 6. The highest BCUT2D eigenvalue weighted by molar-refractivity contribution is 6.15. The molecule has 0 radical (unpaired) electrons. The van der Waals surface area contributed by atoms with Crippen molar-refractivity contribution in [2.75, 3.05) is 26.2 Å². The van der Waals surface area contributed by atoms with E-state index in [2.05, 4.69) is 20.5 Å². The number of fused-ring (bicyclic) bond motifs is 2. The number of aromatic hydroxyl groups is 1. The third kappa shape index (κ3) is 5.46. The number of aromatic amines is 1. The fourth-order valence-corrected chi connectivity index (χ4v) is 4.33. The predicted molar refractivity (Wildman–Crippen MR) is 140 cm³/mol. The van der Waals surface area contributed by atoms with Crippen LogP contribution in [0.2, 0.25) is 0 Å². The Bertz CT molecular complexity index is 1280. The fraction of sp³-hybridized carbons (Fsp3) is 0.280. The number of aromatic nitrogens is 1. The molecule has 2 aliphatic rings. The van der Waals surface area contributed by atoms with Crippen molar-refractivity contribution in [1.29, 1.82) is 0 Å². The van der Waals surface area contributed by atoms with Gasteiger partial charge in [-0.25, -0.2) is 0 Å². The van der Waals surface area contributed by atoms with Gasteiger partial charge in [-0.2, -0.15) is 0 Å². The maximum absolute atomic E-state index is 13.1. The highest BCUT2D eigenvalue weighted by atomic mass is 35.5. The number of ketones is 1. The molecule has 3 aromatic rings. The zero-order valence-electron chi connectivity index (χ0n) is 19.2. The number of amides is 1. The van der Waals surface area contributed by atoms with E-state index in [0.717, 1.165) is 48.2 Å². The molecule has 10 heteroatoms. The van der Waals surface area contributed by atoms with Crippen molar-refractivity contribution >= 4 is 53.5 Å². The number of phenols is 1. The molecule has 8 nitrogen and oxygen atoms in total. The number of Topliss-reactive ketones (excluding diaryl/α,β-unsaturated/α-hetero) is 1. The quantitative estimate of drug-likeness (QED) is 0.386. The van der Waals surface area contributed by atoms with Gasteiger partial charge in [0.15, 0.2) is 5.76 Å². The maximum atomic E-state index is 13.1. The van der Waals surface area contributed by atoms with Crippen molar-refractivity contribution in [3.8, 4) is 11.5 Å². The second kappa shape index (κ2) is 11.1. The Hall–Kier alpha value is -3.04. The second-order valence-electron chi connectivity index (χ2n) is 8.44. The van der Waals surface area contributed by atoms with E-state index in [4.69, 9.17) is 4.74 Å². The first kappa shape index (κ1) is 26.6. The van der Waals surface area contributed by atoms with Gasteiger partial charge in [-0.05, 0) is 35.9 Å². The molecule has 0 bridgehead atoms. The molecule has 0 unspecified atom stereocenters. The van der Waals surface area contributed by atoms with E-state index in [9.17, 15) is 14.7 Å². The van der Waals surface area contributed by atoms with Crippen molar-refractivity contribution < 1.29 is 19.4 Å². The first-order chi connectivity index (χ1) is 16.0. The lowest BCUT2D eigenvalue weighted by Gasteiger charge is -2.27. The summed E-state index contributed by atoms with van der Waals surface area (Å²) in [6, 6.07) is 9.08. The van der Waals surface area contributed by atoms with Crippen LogP contribution in [0.4, 0.5) is 0 Å². The lowest BCUT2D eigenvalue weighted by molar-refractivity contribution is -0.119. The normalized spacial score (nSPS) is 16.4. The van der Waals surface area contributed by atoms with E-state index < -0.39 is 0 Å². The summed E-state index contributed by atoms with van der Waals surface area (Å²) in [5, 5.41) is 17.6. The molecule has 2 aromatic carbocycles. The third-order valence-corrected chi connectivity index (χ3v) is 6.11. The Morgan fingerprint density at radius 2 is 1.97 bits per heavy atom. The Balaban J connectivity index is 0.00000171. The van der Waals surface area contributed by atoms with Gasteiger partial charge >= 0.3 is 0 Å². The van der Waals surface area contributed by atoms with Crippen LogP contribution in [0, 0.1) is 0 Å². The molecule has 1 aromatic heterocycles. The number of allylic oxidation sites excluding steroid dienone is 1. The van der Waals surface area contributed by atoms with E-state index >= 15 is 0 Å². The van der Waals surface area contributed by atoms with Crippen LogP contribution in [0.25, 0.3) is 17.0 Å². The van der Waals surface area contributed by atoms with Crippen molar-refractivity contribution in [2.45, 2.75) is 20.0 Å². The number of halogens is 2. The summed E-state index contributed by atoms with van der Waals surface area (Å²) in [4.78, 5) is 29.8. The van der Waals surface area contributed by atoms with Crippen LogP contribution in [0.3, 0.4) is 0 Å². The summed E-state index contributed by atoms with van der Waals surface area (Å²) >= 11 is 0. The Morgan fingerprint density at radius 3 is 2.71 bits per heavy atom. The number of phenolic OH excluding ortho intramolecular Hbond substituents is 1. The lowest BCUT2D eigenvalue weighted by Crippen LogP contribution is -2.42. The number of H-pyrrole nitrogens is 1. The summed E-state index contributed by atoms with van der Waals surface area (Å²) in [7, 11) is 0. The smallest absolute Gasteiger partial charge is 0.231 e. The summed E-state index contributed by atoms with van der Waals surface area (Å²) < 4.78 is 6.04. The number of nitrogens with zero attached hydrogens (tertiary/aromatic N) is 1. The summed E-state index contributed by atoms with van der Waals surface area (Å²) in [5.41, 5.74) is 3.81. The molecule has 186 valence electrons. The molecule has 4 N–H and O–H groups in total. The van der Waals surface area contributed by atoms with E-state index in [-0.39, 0.29) is 48.0 Å². The van der Waals surface area contributed by atoms with Crippen LogP contribution in [-0.2, 0) is 17.9 Å². The molecule has 0 aliphatic carbocycles. The van der Waals surface area contributed by atoms with Gasteiger partial charge in [-0.1, -0.05) is 6.07 Å². The summed E-state index contributed by atoms with van der Waals surface area (Å²) in [6.45, 7) is 5.97. The number of piperazine rings is 1. The molecule has 2 aliphatic heterocycles. The number of benzene rings is 2. The SMILES string of the molecule is CC(=O)NCc1ccc2[nH]cc(C=C3Oc4c(ccc(O)c4CN4CCNCC4)C3=O)c2c1.Cl.Cl. The van der Waals surface area contributed by atoms with Crippen molar-refractivity contribution in [1.82, 2.24) is 20.5 Å². The standard InChI is InChI=1S/C25H26N4O4.2ClH/c1-15(30)27-12-16-2-4-21-19(10-16)17(13-28-21)11-23-24(32)18-3-5-22(31)20(25(18)33-23)14-29-8-6-26-7-9-29;;/h2-5,10-11,13,26,28,31H,6-9,12,14H2,1H3,(H,27,30);2*1H. The van der Waals surface area contributed by atoms with Crippen LogP contribution in [-0.4, -0.2) is 52.9 Å². The van der Waals surface area contributed by atoms with Crippen molar-refractivity contribution in [3.63, 3.8) is 0 Å². The molecule has 5 rings (SSSR count). The average molecular weight is 519 g/mol. The molecule has 35 heavy (non-hydrogen) atoms. The number of ether oxygens (including phenoxy) is 1. The van der Waals surface area contributed by atoms with E-state index in [1.54, 1.807) is 18.2 Å². The highest BCUT2D eigenvalue weighted by Crippen LogP contribution is 2.40. The maximum Gasteiger partial charge on any atom is 0.231 e. The van der Waals surface area contributed by atoms with Gasteiger partial charge in [0.2, 0.25) is 11.7 Å². The van der Waals surface area contributed by atoms with Crippen LogP contribution in [0.1, 0.15) is 34.0 Å². The molecule has 1 amide bonds. The third-order valence-electron chi connectivity index (χ3n) is 6.11. The number of carbonyl (C=O) groups is 2. The van der Waals surface area contributed by atoms with Crippen LogP contribution in [0.5, 0.6) is 11.5 Å². The molecule has 3 heterocycles. The van der Waals surface area contributed by atoms with E-state index in [0.29, 0.717) is 30.0 Å². The van der Waals surface area contributed by atoms with Gasteiger partial charge in [0.05, 0.1) is 11.1 Å². The van der Waals surface area contributed by atoms with Crippen LogP contribution >= 0.6 is 24.8 Å². The van der Waals surface area contributed by atoms with Gasteiger partial charge in [-0.3, -0.25) is 14.5 Å². The molecule has 0 saturated carbocycles. The van der Waals surface area contributed by atoms with Crippen LogP contribution in [0.15, 0.2) is 42.3 Å². The first-order valence-electron chi connectivity index (χ1n) is 11.1. The average Bonchev–Trinajstić information content (AvgIpc) is 3.36. The number of carbonyl (C=O) groups excluding carboxylic acids is 2. The molecule has 1 fully saturated rings. The minimum atomic E-state index is -0.199. The monoisotopic (exact) mass is 518 g/mol. The summed E-state index contributed by atoms with van der Waals surface area (Å²) in [6.07, 6.45) is 3.56. The number of nitrogens with one attached hydrogen (secondary N) is 3. The lowest BCUT2D eigenvalue weighted by atomic mass is 10.0. The highest BCUT2D eigenvalue weighted by Gasteiger charge is 2.32. The van der Waals surface area contributed by atoms with Gasteiger partial charge in [-0.15, -0.1) is 24.8 Å². The first-order valence-corrected chi connectivity index (χ1v) is 11.1. The van der Waals surface area contributed by atoms with Crippen molar-refractivity contribution in [3.05, 3.63) is 64.5 Å². The molecule has 0 spiro atoms. The minimum absolute atomic E-state index is 0. The molecular weight excluding hydrogens is 491 g/mol. The zero-order valence-corrected chi connectivity index (χ0v) is 20.9. The van der Waals surface area contributed by atoms with Crippen LogP contribution < -0.4 is 15.4 Å².